The molecule has 0 spiro atoms. The summed E-state index contributed by atoms with van der Waals surface area (Å²) < 4.78 is 0. The summed E-state index contributed by atoms with van der Waals surface area (Å²) >= 11 is 0. The van der Waals surface area contributed by atoms with Crippen LogP contribution in [0, 0.1) is 0 Å². The van der Waals surface area contributed by atoms with Crippen LogP contribution in [0.2, 0.25) is 0 Å². The quantitative estimate of drug-likeness (QED) is 0.841. The molecule has 2 rings (SSSR count). The van der Waals surface area contributed by atoms with E-state index in [4.69, 9.17) is 5.11 Å². The van der Waals surface area contributed by atoms with E-state index in [0.29, 0.717) is 6.54 Å². The van der Waals surface area contributed by atoms with Gasteiger partial charge in [0, 0.05) is 51.2 Å². The van der Waals surface area contributed by atoms with Crippen LogP contribution in [0.3, 0.4) is 0 Å². The Labute approximate surface area is 142 Å². The van der Waals surface area contributed by atoms with Gasteiger partial charge in [-0.05, 0) is 32.4 Å². The average molecular weight is 334 g/mol. The maximum atomic E-state index is 12.3. The molecule has 1 N–H and O–H groups in total. The van der Waals surface area contributed by atoms with Crippen molar-refractivity contribution in [2.24, 2.45) is 0 Å². The van der Waals surface area contributed by atoms with Gasteiger partial charge in [0.2, 0.25) is 5.91 Å². The highest BCUT2D eigenvalue weighted by molar-refractivity contribution is 5.86. The minimum absolute atomic E-state index is 0.0605. The van der Waals surface area contributed by atoms with E-state index in [0.717, 1.165) is 51.4 Å². The van der Waals surface area contributed by atoms with Crippen LogP contribution in [0.1, 0.15) is 30.8 Å². The third kappa shape index (κ3) is 4.67. The van der Waals surface area contributed by atoms with Gasteiger partial charge in [0.1, 0.15) is 5.69 Å². The van der Waals surface area contributed by atoms with Crippen molar-refractivity contribution in [3.63, 3.8) is 0 Å². The standard InChI is InChI=1S/C17H26N4O3/c1-3-20(4-2)16(22)13-19-8-5-9-21(11-10-19)14-6-7-18-15(12-14)17(23)24/h6-7,12H,3-5,8-11,13H2,1-2H3,(H,23,24). The van der Waals surface area contributed by atoms with Crippen molar-refractivity contribution in [3.8, 4) is 0 Å². The van der Waals surface area contributed by atoms with Crippen LogP contribution in [0.25, 0.3) is 0 Å². The number of carboxylic acids is 1. The fraction of sp³-hybridized carbons (Fsp3) is 0.588. The molecule has 1 aliphatic rings. The molecule has 1 amide bonds. The summed E-state index contributed by atoms with van der Waals surface area (Å²) in [6.45, 7) is 9.20. The number of hydrogen-bond donors (Lipinski definition) is 1. The third-order valence-corrected chi connectivity index (χ3v) is 4.39. The van der Waals surface area contributed by atoms with Gasteiger partial charge < -0.3 is 14.9 Å². The molecule has 1 saturated heterocycles. The fourth-order valence-electron chi connectivity index (χ4n) is 2.99. The van der Waals surface area contributed by atoms with Crippen LogP contribution in [-0.2, 0) is 4.79 Å². The lowest BCUT2D eigenvalue weighted by Gasteiger charge is -2.25. The summed E-state index contributed by atoms with van der Waals surface area (Å²) in [7, 11) is 0. The predicted octanol–water partition coefficient (Wildman–Crippen LogP) is 1.16. The normalized spacial score (nSPS) is 15.8. The molecule has 24 heavy (non-hydrogen) atoms. The van der Waals surface area contributed by atoms with Crippen molar-refractivity contribution in [2.75, 3.05) is 50.7 Å². The van der Waals surface area contributed by atoms with Crippen molar-refractivity contribution >= 4 is 17.6 Å². The Hall–Kier alpha value is -2.15. The van der Waals surface area contributed by atoms with Crippen molar-refractivity contribution in [1.29, 1.82) is 0 Å². The minimum Gasteiger partial charge on any atom is -0.477 e. The number of pyridine rings is 1. The monoisotopic (exact) mass is 334 g/mol. The van der Waals surface area contributed by atoms with Crippen LogP contribution in [0.4, 0.5) is 5.69 Å². The molecule has 0 unspecified atom stereocenters. The zero-order chi connectivity index (χ0) is 17.5. The van der Waals surface area contributed by atoms with Gasteiger partial charge in [0.05, 0.1) is 6.54 Å². The molecule has 1 aromatic rings. The van der Waals surface area contributed by atoms with Crippen molar-refractivity contribution < 1.29 is 14.7 Å². The van der Waals surface area contributed by atoms with Crippen LogP contribution in [0.5, 0.6) is 0 Å². The summed E-state index contributed by atoms with van der Waals surface area (Å²) in [5.74, 6) is -0.844. The van der Waals surface area contributed by atoms with Gasteiger partial charge in [-0.15, -0.1) is 0 Å². The number of hydrogen-bond acceptors (Lipinski definition) is 5. The molecular formula is C17H26N4O3. The average Bonchev–Trinajstić information content (AvgIpc) is 2.81. The number of nitrogens with zero attached hydrogens (tertiary/aromatic N) is 4. The molecule has 1 fully saturated rings. The number of carbonyl (C=O) groups is 2. The summed E-state index contributed by atoms with van der Waals surface area (Å²) in [6, 6.07) is 3.45. The molecule has 2 heterocycles. The van der Waals surface area contributed by atoms with Crippen LogP contribution in [0.15, 0.2) is 18.3 Å². The molecule has 132 valence electrons. The molecule has 7 heteroatoms. The largest absolute Gasteiger partial charge is 0.477 e. The Balaban J connectivity index is 1.96. The van der Waals surface area contributed by atoms with E-state index in [9.17, 15) is 9.59 Å². The van der Waals surface area contributed by atoms with Gasteiger partial charge in [0.15, 0.2) is 0 Å². The molecule has 0 atom stereocenters. The van der Waals surface area contributed by atoms with Crippen molar-refractivity contribution in [3.05, 3.63) is 24.0 Å². The predicted molar refractivity (Wildman–Crippen MR) is 92.4 cm³/mol. The first-order chi connectivity index (χ1) is 11.5. The SMILES string of the molecule is CCN(CC)C(=O)CN1CCCN(c2ccnc(C(=O)O)c2)CC1. The van der Waals surface area contributed by atoms with Crippen molar-refractivity contribution in [1.82, 2.24) is 14.8 Å². The van der Waals surface area contributed by atoms with E-state index in [1.54, 1.807) is 6.07 Å². The van der Waals surface area contributed by atoms with Crippen LogP contribution in [-0.4, -0.2) is 77.6 Å². The highest BCUT2D eigenvalue weighted by Gasteiger charge is 2.20. The topological polar surface area (TPSA) is 77.0 Å². The summed E-state index contributed by atoms with van der Waals surface area (Å²) in [4.78, 5) is 33.4. The Bertz CT molecular complexity index is 575. The number of carbonyl (C=O) groups excluding carboxylic acids is 1. The number of carboxylic acid groups (broad SMARTS) is 1. The summed E-state index contributed by atoms with van der Waals surface area (Å²) in [6.07, 6.45) is 2.47. The highest BCUT2D eigenvalue weighted by Crippen LogP contribution is 2.17. The summed E-state index contributed by atoms with van der Waals surface area (Å²) in [5, 5.41) is 9.07. The lowest BCUT2D eigenvalue weighted by molar-refractivity contribution is -0.132. The van der Waals surface area contributed by atoms with Gasteiger partial charge in [-0.3, -0.25) is 9.69 Å². The van der Waals surface area contributed by atoms with E-state index in [2.05, 4.69) is 14.8 Å². The second-order valence-electron chi connectivity index (χ2n) is 5.89. The van der Waals surface area contributed by atoms with E-state index in [1.807, 2.05) is 24.8 Å². The first-order valence-corrected chi connectivity index (χ1v) is 8.49. The fourth-order valence-corrected chi connectivity index (χ4v) is 2.99. The Morgan fingerprint density at radius 1 is 1.21 bits per heavy atom. The lowest BCUT2D eigenvalue weighted by Crippen LogP contribution is -2.41. The molecule has 0 saturated carbocycles. The molecule has 7 nitrogen and oxygen atoms in total. The first kappa shape index (κ1) is 18.2. The van der Waals surface area contributed by atoms with E-state index >= 15 is 0 Å². The number of anilines is 1. The minimum atomic E-state index is -1.02. The number of likely N-dealkylation sites (N-methyl/N-ethyl adjacent to an activating group) is 1. The van der Waals surface area contributed by atoms with Crippen LogP contribution >= 0.6 is 0 Å². The Morgan fingerprint density at radius 3 is 2.62 bits per heavy atom. The molecular weight excluding hydrogens is 308 g/mol. The first-order valence-electron chi connectivity index (χ1n) is 8.49. The maximum Gasteiger partial charge on any atom is 0.354 e. The smallest absolute Gasteiger partial charge is 0.354 e. The Kier molecular flexibility index (Phi) is 6.54. The van der Waals surface area contributed by atoms with Gasteiger partial charge in [0.25, 0.3) is 0 Å². The number of rotatable bonds is 6. The Morgan fingerprint density at radius 2 is 1.96 bits per heavy atom. The number of amides is 1. The zero-order valence-electron chi connectivity index (χ0n) is 14.4. The highest BCUT2D eigenvalue weighted by atomic mass is 16.4. The van der Waals surface area contributed by atoms with Gasteiger partial charge >= 0.3 is 5.97 Å². The van der Waals surface area contributed by atoms with Gasteiger partial charge in [-0.25, -0.2) is 9.78 Å². The second-order valence-corrected chi connectivity index (χ2v) is 5.89. The maximum absolute atomic E-state index is 12.3. The zero-order valence-corrected chi connectivity index (χ0v) is 14.4. The van der Waals surface area contributed by atoms with Crippen molar-refractivity contribution in [2.45, 2.75) is 20.3 Å². The van der Waals surface area contributed by atoms with Crippen LogP contribution < -0.4 is 4.90 Å². The molecule has 0 bridgehead atoms. The van der Waals surface area contributed by atoms with Gasteiger partial charge in [-0.1, -0.05) is 0 Å². The molecule has 1 aliphatic heterocycles. The van der Waals surface area contributed by atoms with Gasteiger partial charge in [-0.2, -0.15) is 0 Å². The lowest BCUT2D eigenvalue weighted by atomic mass is 10.2. The van der Waals surface area contributed by atoms with E-state index in [1.165, 1.54) is 6.20 Å². The second kappa shape index (κ2) is 8.63. The van der Waals surface area contributed by atoms with E-state index < -0.39 is 5.97 Å². The summed E-state index contributed by atoms with van der Waals surface area (Å²) in [5.41, 5.74) is 0.935. The molecule has 1 aromatic heterocycles. The van der Waals surface area contributed by atoms with E-state index in [-0.39, 0.29) is 11.6 Å². The molecule has 0 radical (unpaired) electrons. The molecule has 0 aromatic carbocycles. The third-order valence-electron chi connectivity index (χ3n) is 4.39. The number of aromatic carboxylic acids is 1. The number of aromatic nitrogens is 1. The molecule has 0 aliphatic carbocycles.